The van der Waals surface area contributed by atoms with Crippen molar-refractivity contribution in [1.82, 2.24) is 10.1 Å². The van der Waals surface area contributed by atoms with Gasteiger partial charge in [-0.05, 0) is 42.9 Å². The van der Waals surface area contributed by atoms with E-state index in [1.807, 2.05) is 35.2 Å². The number of hydrogen-bond acceptors (Lipinski definition) is 4. The number of ether oxygens (including phenoxy) is 1. The number of aryl methyl sites for hydroxylation is 1. The molecule has 1 amide bonds. The second kappa shape index (κ2) is 7.72. The van der Waals surface area contributed by atoms with E-state index in [4.69, 9.17) is 9.26 Å². The monoisotopic (exact) mass is 342 g/mol. The highest BCUT2D eigenvalue weighted by Gasteiger charge is 2.32. The quantitative estimate of drug-likeness (QED) is 0.793. The van der Waals surface area contributed by atoms with Crippen LogP contribution in [0.15, 0.2) is 34.9 Å². The predicted molar refractivity (Wildman–Crippen MR) is 95.6 cm³/mol. The summed E-state index contributed by atoms with van der Waals surface area (Å²) < 4.78 is 10.7. The molecule has 0 saturated carbocycles. The molecule has 0 spiro atoms. The van der Waals surface area contributed by atoms with Crippen molar-refractivity contribution in [1.29, 1.82) is 0 Å². The minimum absolute atomic E-state index is 0.0309. The Kier molecular flexibility index (Phi) is 5.41. The zero-order valence-electron chi connectivity index (χ0n) is 15.2. The van der Waals surface area contributed by atoms with Gasteiger partial charge in [-0.15, -0.1) is 0 Å². The summed E-state index contributed by atoms with van der Waals surface area (Å²) in [5.74, 6) is 2.17. The van der Waals surface area contributed by atoms with E-state index < -0.39 is 0 Å². The van der Waals surface area contributed by atoms with Crippen LogP contribution in [0.2, 0.25) is 0 Å². The van der Waals surface area contributed by atoms with E-state index in [2.05, 4.69) is 19.0 Å². The fourth-order valence-electron chi connectivity index (χ4n) is 3.28. The van der Waals surface area contributed by atoms with E-state index in [1.165, 1.54) is 0 Å². The van der Waals surface area contributed by atoms with Gasteiger partial charge in [0, 0.05) is 19.0 Å². The lowest BCUT2D eigenvalue weighted by Crippen LogP contribution is -2.30. The first-order valence-corrected chi connectivity index (χ1v) is 8.97. The normalized spacial score (nSPS) is 17.3. The van der Waals surface area contributed by atoms with Crippen LogP contribution in [0.5, 0.6) is 5.75 Å². The minimum Gasteiger partial charge on any atom is -0.497 e. The third-order valence-corrected chi connectivity index (χ3v) is 4.83. The minimum atomic E-state index is 0.0309. The maximum Gasteiger partial charge on any atom is 0.223 e. The molecule has 1 aromatic heterocycles. The van der Waals surface area contributed by atoms with E-state index in [0.29, 0.717) is 12.3 Å². The standard InChI is InChI=1S/C20H26N2O3/c1-14(2)17-13-19(25-21-17)18-5-4-12-22(18)20(23)11-8-15-6-9-16(24-3)10-7-15/h6-7,9-10,13-14,18H,4-5,8,11-12H2,1-3H3/t18-/m0/s1. The molecule has 2 aromatic rings. The average Bonchev–Trinajstić information content (AvgIpc) is 3.28. The highest BCUT2D eigenvalue weighted by atomic mass is 16.5. The number of rotatable bonds is 6. The fraction of sp³-hybridized carbons (Fsp3) is 0.500. The summed E-state index contributed by atoms with van der Waals surface area (Å²) >= 11 is 0. The van der Waals surface area contributed by atoms with Gasteiger partial charge in [-0.2, -0.15) is 0 Å². The van der Waals surface area contributed by atoms with Crippen LogP contribution in [0.25, 0.3) is 0 Å². The smallest absolute Gasteiger partial charge is 0.223 e. The van der Waals surface area contributed by atoms with E-state index >= 15 is 0 Å². The van der Waals surface area contributed by atoms with Gasteiger partial charge in [-0.25, -0.2) is 0 Å². The molecule has 1 aliphatic rings. The van der Waals surface area contributed by atoms with Crippen molar-refractivity contribution in [2.75, 3.05) is 13.7 Å². The zero-order valence-corrected chi connectivity index (χ0v) is 15.2. The van der Waals surface area contributed by atoms with Crippen LogP contribution >= 0.6 is 0 Å². The molecule has 1 atom stereocenters. The van der Waals surface area contributed by atoms with Crippen molar-refractivity contribution in [3.8, 4) is 5.75 Å². The number of carbonyl (C=O) groups excluding carboxylic acids is 1. The Hall–Kier alpha value is -2.30. The second-order valence-corrected chi connectivity index (χ2v) is 6.90. The highest BCUT2D eigenvalue weighted by Crippen LogP contribution is 2.33. The number of amides is 1. The summed E-state index contributed by atoms with van der Waals surface area (Å²) in [6, 6.07) is 9.92. The van der Waals surface area contributed by atoms with Crippen molar-refractivity contribution < 1.29 is 14.1 Å². The average molecular weight is 342 g/mol. The zero-order chi connectivity index (χ0) is 17.8. The summed E-state index contributed by atoms with van der Waals surface area (Å²) in [6.45, 7) is 4.98. The first kappa shape index (κ1) is 17.5. The van der Waals surface area contributed by atoms with Crippen LogP contribution in [-0.4, -0.2) is 29.6 Å². The number of carbonyl (C=O) groups is 1. The molecule has 1 saturated heterocycles. The number of methoxy groups -OCH3 is 1. The van der Waals surface area contributed by atoms with Crippen LogP contribution in [0, 0.1) is 0 Å². The van der Waals surface area contributed by atoms with Crippen molar-refractivity contribution in [2.24, 2.45) is 0 Å². The number of likely N-dealkylation sites (tertiary alicyclic amines) is 1. The van der Waals surface area contributed by atoms with Crippen LogP contribution in [0.4, 0.5) is 0 Å². The molecule has 1 fully saturated rings. The van der Waals surface area contributed by atoms with Gasteiger partial charge < -0.3 is 14.2 Å². The van der Waals surface area contributed by atoms with Crippen molar-refractivity contribution in [3.63, 3.8) is 0 Å². The number of hydrogen-bond donors (Lipinski definition) is 0. The topological polar surface area (TPSA) is 55.6 Å². The van der Waals surface area contributed by atoms with Crippen LogP contribution in [0.3, 0.4) is 0 Å². The predicted octanol–water partition coefficient (Wildman–Crippen LogP) is 4.10. The fourth-order valence-corrected chi connectivity index (χ4v) is 3.28. The first-order chi connectivity index (χ1) is 12.1. The lowest BCUT2D eigenvalue weighted by Gasteiger charge is -2.22. The van der Waals surface area contributed by atoms with Crippen molar-refractivity contribution in [2.45, 2.75) is 51.5 Å². The molecule has 5 nitrogen and oxygen atoms in total. The molecule has 25 heavy (non-hydrogen) atoms. The largest absolute Gasteiger partial charge is 0.497 e. The summed E-state index contributed by atoms with van der Waals surface area (Å²) in [5.41, 5.74) is 2.10. The second-order valence-electron chi connectivity index (χ2n) is 6.90. The Morgan fingerprint density at radius 3 is 2.76 bits per heavy atom. The maximum atomic E-state index is 12.7. The molecular weight excluding hydrogens is 316 g/mol. The van der Waals surface area contributed by atoms with Gasteiger partial charge in [0.05, 0.1) is 18.8 Å². The van der Waals surface area contributed by atoms with E-state index in [-0.39, 0.29) is 11.9 Å². The lowest BCUT2D eigenvalue weighted by atomic mass is 10.1. The third-order valence-electron chi connectivity index (χ3n) is 4.83. The summed E-state index contributed by atoms with van der Waals surface area (Å²) in [4.78, 5) is 14.7. The van der Waals surface area contributed by atoms with E-state index in [0.717, 1.165) is 48.6 Å². The molecule has 5 heteroatoms. The Balaban J connectivity index is 1.61. The van der Waals surface area contributed by atoms with Gasteiger partial charge in [0.25, 0.3) is 0 Å². The molecule has 3 rings (SSSR count). The van der Waals surface area contributed by atoms with E-state index in [9.17, 15) is 4.79 Å². The Morgan fingerprint density at radius 2 is 2.12 bits per heavy atom. The van der Waals surface area contributed by atoms with Gasteiger partial charge >= 0.3 is 0 Å². The first-order valence-electron chi connectivity index (χ1n) is 8.97. The van der Waals surface area contributed by atoms with E-state index in [1.54, 1.807) is 7.11 Å². The van der Waals surface area contributed by atoms with Crippen molar-refractivity contribution in [3.05, 3.63) is 47.3 Å². The maximum absolute atomic E-state index is 12.7. The molecule has 0 N–H and O–H groups in total. The Bertz CT molecular complexity index is 706. The Morgan fingerprint density at radius 1 is 1.36 bits per heavy atom. The molecule has 1 aromatic carbocycles. The molecule has 134 valence electrons. The molecule has 0 unspecified atom stereocenters. The van der Waals surface area contributed by atoms with Crippen LogP contribution in [0.1, 0.15) is 62.1 Å². The molecule has 0 aliphatic carbocycles. The SMILES string of the molecule is COc1ccc(CCC(=O)N2CCC[C@H]2c2cc(C(C)C)no2)cc1. The molecule has 0 bridgehead atoms. The van der Waals surface area contributed by atoms with Gasteiger partial charge in [0.2, 0.25) is 5.91 Å². The van der Waals surface area contributed by atoms with Crippen LogP contribution < -0.4 is 4.74 Å². The number of aromatic nitrogens is 1. The molecule has 2 heterocycles. The van der Waals surface area contributed by atoms with Crippen molar-refractivity contribution >= 4 is 5.91 Å². The van der Waals surface area contributed by atoms with Gasteiger partial charge in [0.15, 0.2) is 5.76 Å². The summed E-state index contributed by atoms with van der Waals surface area (Å²) in [7, 11) is 1.65. The number of benzene rings is 1. The summed E-state index contributed by atoms with van der Waals surface area (Å²) in [6.07, 6.45) is 3.20. The van der Waals surface area contributed by atoms with Gasteiger partial charge in [0.1, 0.15) is 5.75 Å². The molecule has 1 aliphatic heterocycles. The van der Waals surface area contributed by atoms with Gasteiger partial charge in [-0.1, -0.05) is 31.1 Å². The van der Waals surface area contributed by atoms with Crippen LogP contribution in [-0.2, 0) is 11.2 Å². The highest BCUT2D eigenvalue weighted by molar-refractivity contribution is 5.77. The molecular formula is C20H26N2O3. The Labute approximate surface area is 148 Å². The lowest BCUT2D eigenvalue weighted by molar-refractivity contribution is -0.132. The third kappa shape index (κ3) is 4.03. The molecule has 0 radical (unpaired) electrons. The summed E-state index contributed by atoms with van der Waals surface area (Å²) in [5, 5.41) is 4.14. The number of nitrogens with zero attached hydrogens (tertiary/aromatic N) is 2. The van der Waals surface area contributed by atoms with Gasteiger partial charge in [-0.3, -0.25) is 4.79 Å².